The van der Waals surface area contributed by atoms with E-state index >= 15 is 0 Å². The van der Waals surface area contributed by atoms with Crippen LogP contribution in [0.1, 0.15) is 27.3 Å². The molecule has 3 rings (SSSR count). The van der Waals surface area contributed by atoms with Crippen LogP contribution < -0.4 is 10.6 Å². The Bertz CT molecular complexity index is 584. The largest absolute Gasteiger partial charge is 0.347 e. The summed E-state index contributed by atoms with van der Waals surface area (Å²) in [6.07, 6.45) is 4.31. The SMILES string of the molecule is Cl.O=C(NCc1ccncc1)c1n[nH]c2c1CNCC2. The molecule has 0 unspecified atom stereocenters. The number of hydrogen-bond donors (Lipinski definition) is 3. The van der Waals surface area contributed by atoms with Crippen molar-refractivity contribution in [3.8, 4) is 0 Å². The van der Waals surface area contributed by atoms with Crippen molar-refractivity contribution in [1.82, 2.24) is 25.8 Å². The van der Waals surface area contributed by atoms with E-state index in [2.05, 4.69) is 25.8 Å². The molecule has 3 N–H and O–H groups in total. The van der Waals surface area contributed by atoms with Gasteiger partial charge in [-0.25, -0.2) is 0 Å². The van der Waals surface area contributed by atoms with Crippen molar-refractivity contribution in [3.05, 3.63) is 47.0 Å². The number of pyridine rings is 1. The third-order valence-corrected chi connectivity index (χ3v) is 3.22. The van der Waals surface area contributed by atoms with Gasteiger partial charge in [-0.15, -0.1) is 12.4 Å². The van der Waals surface area contributed by atoms with Gasteiger partial charge in [0.25, 0.3) is 5.91 Å². The minimum atomic E-state index is -0.141. The molecule has 0 aromatic carbocycles. The number of nitrogens with one attached hydrogen (secondary N) is 3. The van der Waals surface area contributed by atoms with Gasteiger partial charge in [0.05, 0.1) is 0 Å². The van der Waals surface area contributed by atoms with Crippen LogP contribution in [-0.4, -0.2) is 27.6 Å². The number of fused-ring (bicyclic) bond motifs is 1. The van der Waals surface area contributed by atoms with Gasteiger partial charge in [-0.2, -0.15) is 5.10 Å². The highest BCUT2D eigenvalue weighted by Gasteiger charge is 2.21. The first-order chi connectivity index (χ1) is 9.34. The summed E-state index contributed by atoms with van der Waals surface area (Å²) in [6, 6.07) is 3.75. The number of halogens is 1. The topological polar surface area (TPSA) is 82.7 Å². The Labute approximate surface area is 122 Å². The van der Waals surface area contributed by atoms with Crippen LogP contribution in [0, 0.1) is 0 Å². The number of carbonyl (C=O) groups is 1. The van der Waals surface area contributed by atoms with E-state index in [1.54, 1.807) is 12.4 Å². The second kappa shape index (κ2) is 6.49. The highest BCUT2D eigenvalue weighted by molar-refractivity contribution is 5.94. The molecule has 1 aliphatic heterocycles. The second-order valence-electron chi connectivity index (χ2n) is 4.49. The molecule has 2 aromatic rings. The lowest BCUT2D eigenvalue weighted by atomic mass is 10.1. The molecule has 2 aromatic heterocycles. The number of aromatic amines is 1. The van der Waals surface area contributed by atoms with Crippen molar-refractivity contribution in [2.45, 2.75) is 19.5 Å². The maximum atomic E-state index is 12.1. The quantitative estimate of drug-likeness (QED) is 0.782. The number of nitrogens with zero attached hydrogens (tertiary/aromatic N) is 2. The van der Waals surface area contributed by atoms with Gasteiger partial charge in [0.2, 0.25) is 0 Å². The molecule has 6 nitrogen and oxygen atoms in total. The molecule has 0 fully saturated rings. The van der Waals surface area contributed by atoms with Gasteiger partial charge in [0, 0.05) is 49.7 Å². The molecule has 0 bridgehead atoms. The van der Waals surface area contributed by atoms with Gasteiger partial charge in [-0.3, -0.25) is 14.9 Å². The summed E-state index contributed by atoms with van der Waals surface area (Å²) in [5, 5.41) is 13.2. The molecule has 0 saturated heterocycles. The predicted octanol–water partition coefficient (Wildman–Crippen LogP) is 0.802. The number of rotatable bonds is 3. The summed E-state index contributed by atoms with van der Waals surface area (Å²) >= 11 is 0. The normalized spacial score (nSPS) is 13.2. The summed E-state index contributed by atoms with van der Waals surface area (Å²) in [5.41, 5.74) is 3.56. The monoisotopic (exact) mass is 293 g/mol. The van der Waals surface area contributed by atoms with Crippen LogP contribution >= 0.6 is 12.4 Å². The Kier molecular flexibility index (Phi) is 4.70. The fraction of sp³-hybridized carbons (Fsp3) is 0.308. The van der Waals surface area contributed by atoms with Crippen LogP contribution in [0.5, 0.6) is 0 Å². The minimum Gasteiger partial charge on any atom is -0.347 e. The summed E-state index contributed by atoms with van der Waals surface area (Å²) < 4.78 is 0. The standard InChI is InChI=1S/C13H15N5O.ClH/c19-13(16-7-9-1-4-14-5-2-9)12-10-8-15-6-3-11(10)17-18-12;/h1-2,4-5,15H,3,6-8H2,(H,16,19)(H,17,18);1H. The van der Waals surface area contributed by atoms with Gasteiger partial charge >= 0.3 is 0 Å². The highest BCUT2D eigenvalue weighted by atomic mass is 35.5. The maximum Gasteiger partial charge on any atom is 0.272 e. The first-order valence-electron chi connectivity index (χ1n) is 6.28. The molecule has 106 valence electrons. The van der Waals surface area contributed by atoms with Crippen molar-refractivity contribution < 1.29 is 4.79 Å². The number of H-pyrrole nitrogens is 1. The smallest absolute Gasteiger partial charge is 0.272 e. The summed E-state index contributed by atoms with van der Waals surface area (Å²) in [7, 11) is 0. The average Bonchev–Trinajstić information content (AvgIpc) is 2.90. The Hall–Kier alpha value is -1.92. The van der Waals surface area contributed by atoms with Crippen molar-refractivity contribution in [2.24, 2.45) is 0 Å². The van der Waals surface area contributed by atoms with Crippen molar-refractivity contribution in [1.29, 1.82) is 0 Å². The molecule has 7 heteroatoms. The molecule has 0 radical (unpaired) electrons. The van der Waals surface area contributed by atoms with Gasteiger partial charge in [0.1, 0.15) is 0 Å². The molecular formula is C13H16ClN5O. The summed E-state index contributed by atoms with van der Waals surface area (Å²) in [5.74, 6) is -0.141. The maximum absolute atomic E-state index is 12.1. The Morgan fingerprint density at radius 1 is 1.35 bits per heavy atom. The van der Waals surface area contributed by atoms with Crippen molar-refractivity contribution >= 4 is 18.3 Å². The zero-order valence-corrected chi connectivity index (χ0v) is 11.7. The van der Waals surface area contributed by atoms with Gasteiger partial charge in [-0.05, 0) is 17.7 Å². The van der Waals surface area contributed by atoms with Crippen LogP contribution in [-0.2, 0) is 19.5 Å². The van der Waals surface area contributed by atoms with E-state index in [4.69, 9.17) is 0 Å². The second-order valence-corrected chi connectivity index (χ2v) is 4.49. The number of aromatic nitrogens is 3. The molecule has 0 spiro atoms. The molecule has 1 amide bonds. The molecular weight excluding hydrogens is 278 g/mol. The molecule has 3 heterocycles. The number of amides is 1. The van der Waals surface area contributed by atoms with Gasteiger partial charge in [-0.1, -0.05) is 0 Å². The first kappa shape index (κ1) is 14.5. The average molecular weight is 294 g/mol. The fourth-order valence-corrected chi connectivity index (χ4v) is 2.18. The predicted molar refractivity (Wildman–Crippen MR) is 76.7 cm³/mol. The third kappa shape index (κ3) is 2.97. The minimum absolute atomic E-state index is 0. The van der Waals surface area contributed by atoms with E-state index in [0.29, 0.717) is 18.8 Å². The molecule has 0 aliphatic carbocycles. The number of hydrogen-bond acceptors (Lipinski definition) is 4. The van der Waals surface area contributed by atoms with Gasteiger partial charge < -0.3 is 10.6 Å². The lowest BCUT2D eigenvalue weighted by Crippen LogP contribution is -2.28. The fourth-order valence-electron chi connectivity index (χ4n) is 2.18. The van der Waals surface area contributed by atoms with Crippen LogP contribution in [0.25, 0.3) is 0 Å². The Morgan fingerprint density at radius 3 is 2.95 bits per heavy atom. The van der Waals surface area contributed by atoms with Crippen molar-refractivity contribution in [2.75, 3.05) is 6.54 Å². The highest BCUT2D eigenvalue weighted by Crippen LogP contribution is 2.15. The molecule has 1 aliphatic rings. The lowest BCUT2D eigenvalue weighted by Gasteiger charge is -2.12. The van der Waals surface area contributed by atoms with Crippen LogP contribution in [0.2, 0.25) is 0 Å². The van der Waals surface area contributed by atoms with Crippen molar-refractivity contribution in [3.63, 3.8) is 0 Å². The zero-order valence-electron chi connectivity index (χ0n) is 10.8. The lowest BCUT2D eigenvalue weighted by molar-refractivity contribution is 0.0944. The van der Waals surface area contributed by atoms with E-state index in [1.807, 2.05) is 12.1 Å². The Morgan fingerprint density at radius 2 is 2.15 bits per heavy atom. The first-order valence-corrected chi connectivity index (χ1v) is 6.28. The van der Waals surface area contributed by atoms with E-state index in [-0.39, 0.29) is 18.3 Å². The molecule has 20 heavy (non-hydrogen) atoms. The van der Waals surface area contributed by atoms with Crippen LogP contribution in [0.4, 0.5) is 0 Å². The van der Waals surface area contributed by atoms with Crippen LogP contribution in [0.15, 0.2) is 24.5 Å². The molecule has 0 atom stereocenters. The number of carbonyl (C=O) groups excluding carboxylic acids is 1. The summed E-state index contributed by atoms with van der Waals surface area (Å²) in [4.78, 5) is 16.1. The van der Waals surface area contributed by atoms with E-state index < -0.39 is 0 Å². The molecule has 0 saturated carbocycles. The van der Waals surface area contributed by atoms with E-state index in [0.717, 1.165) is 29.8 Å². The summed E-state index contributed by atoms with van der Waals surface area (Å²) in [6.45, 7) is 2.10. The zero-order chi connectivity index (χ0) is 13.1. The van der Waals surface area contributed by atoms with E-state index in [9.17, 15) is 4.79 Å². The van der Waals surface area contributed by atoms with Crippen LogP contribution in [0.3, 0.4) is 0 Å². The Balaban J connectivity index is 0.00000147. The van der Waals surface area contributed by atoms with E-state index in [1.165, 1.54) is 0 Å². The van der Waals surface area contributed by atoms with Gasteiger partial charge in [0.15, 0.2) is 5.69 Å². The third-order valence-electron chi connectivity index (χ3n) is 3.22.